The smallest absolute Gasteiger partial charge is 0.309 e. The number of hydrogen-bond donors (Lipinski definition) is 1. The lowest BCUT2D eigenvalue weighted by Crippen LogP contribution is -2.41. The number of carbonyl (C=O) groups is 2. The topological polar surface area (TPSA) is 58.6 Å². The van der Waals surface area contributed by atoms with Gasteiger partial charge in [-0.25, -0.2) is 0 Å². The summed E-state index contributed by atoms with van der Waals surface area (Å²) < 4.78 is 6.14. The van der Waals surface area contributed by atoms with E-state index < -0.39 is 0 Å². The number of amides is 1. The van der Waals surface area contributed by atoms with Crippen LogP contribution in [-0.4, -0.2) is 43.0 Å². The summed E-state index contributed by atoms with van der Waals surface area (Å²) in [6, 6.07) is 7.72. The molecule has 1 aliphatic rings. The molecule has 1 aromatic carbocycles. The van der Waals surface area contributed by atoms with E-state index in [1.807, 2.05) is 31.2 Å². The van der Waals surface area contributed by atoms with Crippen molar-refractivity contribution in [1.29, 1.82) is 0 Å². The summed E-state index contributed by atoms with van der Waals surface area (Å²) >= 11 is 2.22. The van der Waals surface area contributed by atoms with Crippen LogP contribution in [0, 0.1) is 9.49 Å². The molecule has 1 fully saturated rings. The number of anilines is 1. The predicted molar refractivity (Wildman–Crippen MR) is 93.6 cm³/mol. The maximum absolute atomic E-state index is 12.1. The molecule has 0 aliphatic carbocycles. The van der Waals surface area contributed by atoms with E-state index >= 15 is 0 Å². The third kappa shape index (κ3) is 5.24. The molecular weight excluding hydrogens is 395 g/mol. The van der Waals surface area contributed by atoms with Crippen LogP contribution in [0.3, 0.4) is 0 Å². The third-order valence-electron chi connectivity index (χ3n) is 3.68. The maximum atomic E-state index is 12.1. The molecule has 0 atom stereocenters. The van der Waals surface area contributed by atoms with Crippen LogP contribution in [0.15, 0.2) is 24.3 Å². The minimum Gasteiger partial charge on any atom is -0.466 e. The minimum atomic E-state index is -0.106. The lowest BCUT2D eigenvalue weighted by molar-refractivity contribution is -0.149. The molecule has 120 valence electrons. The quantitative estimate of drug-likeness (QED) is 0.592. The van der Waals surface area contributed by atoms with Crippen LogP contribution in [0.4, 0.5) is 5.69 Å². The zero-order valence-electron chi connectivity index (χ0n) is 12.7. The number of halogens is 1. The first-order chi connectivity index (χ1) is 10.6. The fourth-order valence-electron chi connectivity index (χ4n) is 2.56. The fraction of sp³-hybridized carbons (Fsp3) is 0.500. The van der Waals surface area contributed by atoms with Crippen LogP contribution in [0.2, 0.25) is 0 Å². The normalized spacial score (nSPS) is 16.3. The second kappa shape index (κ2) is 8.47. The molecule has 0 radical (unpaired) electrons. The van der Waals surface area contributed by atoms with Gasteiger partial charge in [-0.2, -0.15) is 0 Å². The summed E-state index contributed by atoms with van der Waals surface area (Å²) in [5, 5.41) is 2.91. The van der Waals surface area contributed by atoms with Gasteiger partial charge in [0.2, 0.25) is 5.91 Å². The SMILES string of the molecule is CCOC(=O)C1CCN(CC(=O)Nc2cccc(I)c2)CC1. The molecule has 0 spiro atoms. The average Bonchev–Trinajstić information content (AvgIpc) is 2.48. The summed E-state index contributed by atoms with van der Waals surface area (Å²) in [5.74, 6) is -0.142. The van der Waals surface area contributed by atoms with Crippen molar-refractivity contribution in [2.24, 2.45) is 5.92 Å². The third-order valence-corrected chi connectivity index (χ3v) is 4.35. The first kappa shape index (κ1) is 17.2. The van der Waals surface area contributed by atoms with Gasteiger partial charge in [0.1, 0.15) is 0 Å². The first-order valence-electron chi connectivity index (χ1n) is 7.53. The van der Waals surface area contributed by atoms with Crippen molar-refractivity contribution in [3.63, 3.8) is 0 Å². The van der Waals surface area contributed by atoms with Crippen molar-refractivity contribution >= 4 is 40.2 Å². The molecule has 0 saturated carbocycles. The molecule has 0 bridgehead atoms. The molecule has 0 aromatic heterocycles. The van der Waals surface area contributed by atoms with Crippen LogP contribution in [0.1, 0.15) is 19.8 Å². The number of ether oxygens (including phenoxy) is 1. The lowest BCUT2D eigenvalue weighted by Gasteiger charge is -2.30. The molecule has 1 N–H and O–H groups in total. The molecule has 6 heteroatoms. The molecule has 1 heterocycles. The Morgan fingerprint density at radius 3 is 2.73 bits per heavy atom. The van der Waals surface area contributed by atoms with E-state index in [0.717, 1.165) is 35.2 Å². The Kier molecular flexibility index (Phi) is 6.63. The van der Waals surface area contributed by atoms with Crippen molar-refractivity contribution in [3.05, 3.63) is 27.8 Å². The Balaban J connectivity index is 1.76. The standard InChI is InChI=1S/C16H21IN2O3/c1-2-22-16(21)12-6-8-19(9-7-12)11-15(20)18-14-5-3-4-13(17)10-14/h3-5,10,12H,2,6-9,11H2,1H3,(H,18,20). The first-order valence-corrected chi connectivity index (χ1v) is 8.60. The number of nitrogens with one attached hydrogen (secondary N) is 1. The molecule has 1 saturated heterocycles. The van der Waals surface area contributed by atoms with Crippen molar-refractivity contribution in [3.8, 4) is 0 Å². The Morgan fingerprint density at radius 2 is 2.09 bits per heavy atom. The Bertz CT molecular complexity index is 528. The summed E-state index contributed by atoms with van der Waals surface area (Å²) in [6.45, 7) is 4.12. The molecule has 2 rings (SSSR count). The molecule has 5 nitrogen and oxygen atoms in total. The highest BCUT2D eigenvalue weighted by atomic mass is 127. The van der Waals surface area contributed by atoms with Crippen molar-refractivity contribution in [2.45, 2.75) is 19.8 Å². The van der Waals surface area contributed by atoms with E-state index in [1.165, 1.54) is 0 Å². The fourth-order valence-corrected chi connectivity index (χ4v) is 3.10. The lowest BCUT2D eigenvalue weighted by atomic mass is 9.97. The molecule has 1 amide bonds. The van der Waals surface area contributed by atoms with E-state index in [0.29, 0.717) is 13.2 Å². The van der Waals surface area contributed by atoms with Crippen LogP contribution in [0.25, 0.3) is 0 Å². The van der Waals surface area contributed by atoms with Crippen LogP contribution in [0.5, 0.6) is 0 Å². The van der Waals surface area contributed by atoms with E-state index in [1.54, 1.807) is 0 Å². The van der Waals surface area contributed by atoms with Crippen LogP contribution < -0.4 is 5.32 Å². The zero-order chi connectivity index (χ0) is 15.9. The van der Waals surface area contributed by atoms with Gasteiger partial charge in [-0.3, -0.25) is 14.5 Å². The van der Waals surface area contributed by atoms with Gasteiger partial charge in [0.25, 0.3) is 0 Å². The summed E-state index contributed by atoms with van der Waals surface area (Å²) in [7, 11) is 0. The van der Waals surface area contributed by atoms with Gasteiger partial charge in [-0.15, -0.1) is 0 Å². The van der Waals surface area contributed by atoms with Crippen molar-refractivity contribution in [1.82, 2.24) is 4.90 Å². The number of rotatable bonds is 5. The van der Waals surface area contributed by atoms with E-state index in [4.69, 9.17) is 4.74 Å². The van der Waals surface area contributed by atoms with E-state index in [9.17, 15) is 9.59 Å². The highest BCUT2D eigenvalue weighted by Crippen LogP contribution is 2.19. The second-order valence-electron chi connectivity index (χ2n) is 5.36. The van der Waals surface area contributed by atoms with E-state index in [2.05, 4.69) is 32.8 Å². The van der Waals surface area contributed by atoms with Gasteiger partial charge in [0.05, 0.1) is 19.1 Å². The minimum absolute atomic E-state index is 0.0171. The van der Waals surface area contributed by atoms with Gasteiger partial charge in [0, 0.05) is 9.26 Å². The molecular formula is C16H21IN2O3. The number of carbonyl (C=O) groups excluding carboxylic acids is 2. The summed E-state index contributed by atoms with van der Waals surface area (Å²) in [4.78, 5) is 25.8. The number of hydrogen-bond acceptors (Lipinski definition) is 4. The largest absolute Gasteiger partial charge is 0.466 e. The highest BCUT2D eigenvalue weighted by Gasteiger charge is 2.26. The summed E-state index contributed by atoms with van der Waals surface area (Å²) in [5.41, 5.74) is 0.818. The predicted octanol–water partition coefficient (Wildman–Crippen LogP) is 2.50. The average molecular weight is 416 g/mol. The number of piperidine rings is 1. The molecule has 1 aromatic rings. The maximum Gasteiger partial charge on any atom is 0.309 e. The summed E-state index contributed by atoms with van der Waals surface area (Å²) in [6.07, 6.45) is 1.52. The van der Waals surface area contributed by atoms with Gasteiger partial charge < -0.3 is 10.1 Å². The molecule has 22 heavy (non-hydrogen) atoms. The zero-order valence-corrected chi connectivity index (χ0v) is 14.8. The highest BCUT2D eigenvalue weighted by molar-refractivity contribution is 14.1. The number of benzene rings is 1. The Labute approximate surface area is 144 Å². The monoisotopic (exact) mass is 416 g/mol. The number of likely N-dealkylation sites (tertiary alicyclic amines) is 1. The van der Waals surface area contributed by atoms with Gasteiger partial charge in [-0.1, -0.05) is 6.07 Å². The van der Waals surface area contributed by atoms with Crippen LogP contribution >= 0.6 is 22.6 Å². The van der Waals surface area contributed by atoms with Gasteiger partial charge in [0.15, 0.2) is 0 Å². The number of esters is 1. The van der Waals surface area contributed by atoms with E-state index in [-0.39, 0.29) is 17.8 Å². The second-order valence-corrected chi connectivity index (χ2v) is 6.61. The molecule has 1 aliphatic heterocycles. The Morgan fingerprint density at radius 1 is 1.36 bits per heavy atom. The van der Waals surface area contributed by atoms with Crippen molar-refractivity contribution in [2.75, 3.05) is 31.6 Å². The number of nitrogens with zero attached hydrogens (tertiary/aromatic N) is 1. The van der Waals surface area contributed by atoms with Crippen LogP contribution in [-0.2, 0) is 14.3 Å². The van der Waals surface area contributed by atoms with Crippen molar-refractivity contribution < 1.29 is 14.3 Å². The molecule has 0 unspecified atom stereocenters. The van der Waals surface area contributed by atoms with Gasteiger partial charge in [-0.05, 0) is 73.6 Å². The Hall–Kier alpha value is -1.15. The van der Waals surface area contributed by atoms with Gasteiger partial charge >= 0.3 is 5.97 Å².